The maximum atomic E-state index is 14.3. The first-order chi connectivity index (χ1) is 18.8. The van der Waals surface area contributed by atoms with Crippen molar-refractivity contribution in [2.75, 3.05) is 11.9 Å². The minimum absolute atomic E-state index is 0.193. The van der Waals surface area contributed by atoms with Crippen LogP contribution in [0, 0.1) is 12.8 Å². The summed E-state index contributed by atoms with van der Waals surface area (Å²) < 4.78 is 5.48. The number of halogens is 1. The summed E-state index contributed by atoms with van der Waals surface area (Å²) in [7, 11) is 0. The first-order valence-corrected chi connectivity index (χ1v) is 14.6. The molecule has 0 spiro atoms. The Balaban J connectivity index is 2.59. The SMILES string of the molecule is CCCCN(C(=O)C(NC(=O)OC(C)(C)C)C(C)CC)C(C(=O)Nc1c(C)cccc1Cl)c1ccc(CC)cc1. The second-order valence-corrected chi connectivity index (χ2v) is 11.7. The van der Waals surface area contributed by atoms with Crippen molar-refractivity contribution in [3.63, 3.8) is 0 Å². The molecule has 2 rings (SSSR count). The molecule has 0 heterocycles. The van der Waals surface area contributed by atoms with Gasteiger partial charge in [0.15, 0.2) is 0 Å². The van der Waals surface area contributed by atoms with Crippen LogP contribution in [0.3, 0.4) is 0 Å². The summed E-state index contributed by atoms with van der Waals surface area (Å²) in [6, 6.07) is 11.4. The number of carbonyl (C=O) groups is 3. The zero-order valence-electron chi connectivity index (χ0n) is 25.3. The van der Waals surface area contributed by atoms with E-state index in [4.69, 9.17) is 16.3 Å². The monoisotopic (exact) mass is 571 g/mol. The lowest BCUT2D eigenvalue weighted by atomic mass is 9.95. The number of hydrogen-bond donors (Lipinski definition) is 2. The van der Waals surface area contributed by atoms with Gasteiger partial charge in [0.2, 0.25) is 5.91 Å². The van der Waals surface area contributed by atoms with E-state index in [-0.39, 0.29) is 17.7 Å². The Morgan fingerprint density at radius 3 is 2.20 bits per heavy atom. The molecule has 0 aliphatic rings. The quantitative estimate of drug-likeness (QED) is 0.277. The molecule has 0 bridgehead atoms. The molecule has 0 saturated carbocycles. The van der Waals surface area contributed by atoms with Gasteiger partial charge in [-0.15, -0.1) is 0 Å². The van der Waals surface area contributed by atoms with Crippen LogP contribution in [0.15, 0.2) is 42.5 Å². The third-order valence-corrected chi connectivity index (χ3v) is 7.24. The molecule has 0 saturated heterocycles. The van der Waals surface area contributed by atoms with Crippen molar-refractivity contribution in [3.05, 3.63) is 64.2 Å². The molecular formula is C32H46ClN3O4. The lowest BCUT2D eigenvalue weighted by Gasteiger charge is -2.36. The number of unbranched alkanes of at least 4 members (excludes halogenated alkanes) is 1. The number of para-hydroxylation sites is 1. The summed E-state index contributed by atoms with van der Waals surface area (Å²) in [6.45, 7) is 15.5. The maximum absolute atomic E-state index is 14.3. The zero-order valence-corrected chi connectivity index (χ0v) is 26.0. The second-order valence-electron chi connectivity index (χ2n) is 11.3. The Hall–Kier alpha value is -3.06. The molecule has 0 aliphatic carbocycles. The van der Waals surface area contributed by atoms with E-state index in [2.05, 4.69) is 17.6 Å². The molecule has 0 aromatic heterocycles. The molecular weight excluding hydrogens is 526 g/mol. The van der Waals surface area contributed by atoms with E-state index in [1.807, 2.05) is 64.1 Å². The molecule has 7 nitrogen and oxygen atoms in total. The van der Waals surface area contributed by atoms with Crippen molar-refractivity contribution in [3.8, 4) is 0 Å². The predicted molar refractivity (Wildman–Crippen MR) is 163 cm³/mol. The maximum Gasteiger partial charge on any atom is 0.408 e. The molecule has 0 radical (unpaired) electrons. The van der Waals surface area contributed by atoms with Crippen LogP contribution in [-0.2, 0) is 20.7 Å². The largest absolute Gasteiger partial charge is 0.444 e. The van der Waals surface area contributed by atoms with Crippen LogP contribution in [0.4, 0.5) is 10.5 Å². The fraction of sp³-hybridized carbons (Fsp3) is 0.531. The topological polar surface area (TPSA) is 87.7 Å². The average Bonchev–Trinajstić information content (AvgIpc) is 2.90. The van der Waals surface area contributed by atoms with Gasteiger partial charge in [0.1, 0.15) is 17.7 Å². The Morgan fingerprint density at radius 2 is 1.68 bits per heavy atom. The third-order valence-electron chi connectivity index (χ3n) is 6.92. The summed E-state index contributed by atoms with van der Waals surface area (Å²) >= 11 is 6.45. The number of ether oxygens (including phenoxy) is 1. The van der Waals surface area contributed by atoms with Crippen LogP contribution in [0.1, 0.15) is 90.5 Å². The van der Waals surface area contributed by atoms with Crippen LogP contribution < -0.4 is 10.6 Å². The second kappa shape index (κ2) is 15.1. The Kier molecular flexibility index (Phi) is 12.5. The van der Waals surface area contributed by atoms with Crippen LogP contribution in [-0.4, -0.2) is 41.0 Å². The Labute approximate surface area is 245 Å². The van der Waals surface area contributed by atoms with Gasteiger partial charge in [0.25, 0.3) is 5.91 Å². The van der Waals surface area contributed by atoms with E-state index in [0.717, 1.165) is 24.0 Å². The van der Waals surface area contributed by atoms with Crippen LogP contribution in [0.5, 0.6) is 0 Å². The van der Waals surface area contributed by atoms with Gasteiger partial charge in [0, 0.05) is 6.54 Å². The molecule has 0 aliphatic heterocycles. The molecule has 3 atom stereocenters. The number of carbonyl (C=O) groups excluding carboxylic acids is 3. The fourth-order valence-electron chi connectivity index (χ4n) is 4.38. The van der Waals surface area contributed by atoms with Gasteiger partial charge in [-0.3, -0.25) is 9.59 Å². The predicted octanol–water partition coefficient (Wildman–Crippen LogP) is 7.46. The number of rotatable bonds is 12. The standard InChI is InChI=1S/C32H46ClN3O4/c1-9-12-20-36(30(38)27(21(4)10-2)35-31(39)40-32(6,7)8)28(24-18-16-23(11-3)17-19-24)29(37)34-26-22(5)14-13-15-25(26)33/h13-19,21,27-28H,9-12,20H2,1-8H3,(H,34,37)(H,35,39). The number of benzene rings is 2. The summed E-state index contributed by atoms with van der Waals surface area (Å²) in [5.74, 6) is -0.893. The van der Waals surface area contributed by atoms with Crippen molar-refractivity contribution >= 4 is 35.2 Å². The fourth-order valence-corrected chi connectivity index (χ4v) is 4.65. The average molecular weight is 572 g/mol. The van der Waals surface area contributed by atoms with Crippen molar-refractivity contribution < 1.29 is 19.1 Å². The van der Waals surface area contributed by atoms with Gasteiger partial charge in [-0.1, -0.05) is 88.5 Å². The van der Waals surface area contributed by atoms with Gasteiger partial charge in [-0.25, -0.2) is 4.79 Å². The molecule has 220 valence electrons. The van der Waals surface area contributed by atoms with E-state index in [0.29, 0.717) is 35.7 Å². The highest BCUT2D eigenvalue weighted by molar-refractivity contribution is 6.34. The van der Waals surface area contributed by atoms with Crippen molar-refractivity contribution in [1.82, 2.24) is 10.2 Å². The summed E-state index contributed by atoms with van der Waals surface area (Å²) in [6.07, 6.45) is 2.35. The van der Waals surface area contributed by atoms with Crippen molar-refractivity contribution in [2.24, 2.45) is 5.92 Å². The summed E-state index contributed by atoms with van der Waals surface area (Å²) in [4.78, 5) is 42.8. The minimum atomic E-state index is -0.937. The first kappa shape index (κ1) is 33.1. The van der Waals surface area contributed by atoms with Crippen LogP contribution in [0.25, 0.3) is 0 Å². The van der Waals surface area contributed by atoms with Gasteiger partial charge < -0.3 is 20.3 Å². The smallest absolute Gasteiger partial charge is 0.408 e. The highest BCUT2D eigenvalue weighted by atomic mass is 35.5. The van der Waals surface area contributed by atoms with E-state index >= 15 is 0 Å². The van der Waals surface area contributed by atoms with Gasteiger partial charge >= 0.3 is 6.09 Å². The molecule has 0 fully saturated rings. The molecule has 2 N–H and O–H groups in total. The molecule has 3 amide bonds. The van der Waals surface area contributed by atoms with Crippen LogP contribution in [0.2, 0.25) is 5.02 Å². The molecule has 40 heavy (non-hydrogen) atoms. The molecule has 2 aromatic carbocycles. The number of nitrogens with zero attached hydrogens (tertiary/aromatic N) is 1. The normalized spacial score (nSPS) is 13.6. The molecule has 2 aromatic rings. The number of alkyl carbamates (subject to hydrolysis) is 1. The highest BCUT2D eigenvalue weighted by Gasteiger charge is 2.38. The molecule has 8 heteroatoms. The Bertz CT molecular complexity index is 1120. The summed E-state index contributed by atoms with van der Waals surface area (Å²) in [5, 5.41) is 6.22. The first-order valence-electron chi connectivity index (χ1n) is 14.3. The minimum Gasteiger partial charge on any atom is -0.444 e. The molecule has 3 unspecified atom stereocenters. The van der Waals surface area contributed by atoms with Crippen molar-refractivity contribution in [1.29, 1.82) is 0 Å². The Morgan fingerprint density at radius 1 is 1.02 bits per heavy atom. The lowest BCUT2D eigenvalue weighted by Crippen LogP contribution is -2.55. The highest BCUT2D eigenvalue weighted by Crippen LogP contribution is 2.30. The zero-order chi connectivity index (χ0) is 30.0. The number of hydrogen-bond acceptors (Lipinski definition) is 4. The number of nitrogens with one attached hydrogen (secondary N) is 2. The number of amides is 3. The van der Waals surface area contributed by atoms with E-state index < -0.39 is 23.8 Å². The van der Waals surface area contributed by atoms with Gasteiger partial charge in [-0.05, 0) is 69.2 Å². The van der Waals surface area contributed by atoms with Crippen LogP contribution >= 0.6 is 11.6 Å². The lowest BCUT2D eigenvalue weighted by molar-refractivity contribution is -0.142. The van der Waals surface area contributed by atoms with Crippen molar-refractivity contribution in [2.45, 2.75) is 98.8 Å². The van der Waals surface area contributed by atoms with E-state index in [1.54, 1.807) is 31.7 Å². The number of anilines is 1. The van der Waals surface area contributed by atoms with Gasteiger partial charge in [0.05, 0.1) is 10.7 Å². The van der Waals surface area contributed by atoms with E-state index in [1.165, 1.54) is 0 Å². The summed E-state index contributed by atoms with van der Waals surface area (Å²) in [5.41, 5.74) is 2.42. The number of aryl methyl sites for hydroxylation is 2. The van der Waals surface area contributed by atoms with E-state index in [9.17, 15) is 14.4 Å². The van der Waals surface area contributed by atoms with Gasteiger partial charge in [-0.2, -0.15) is 0 Å². The third kappa shape index (κ3) is 9.26.